The van der Waals surface area contributed by atoms with Crippen LogP contribution in [0.2, 0.25) is 4.31 Å². The molecule has 0 saturated carbocycles. The van der Waals surface area contributed by atoms with Gasteiger partial charge in [0, 0.05) is 0 Å². The molecule has 1 N–H and O–H groups in total. The van der Waals surface area contributed by atoms with E-state index in [1.54, 1.807) is 0 Å². The topological polar surface area (TPSA) is 29.1 Å². The molecule has 0 radical (unpaired) electrons. The van der Waals surface area contributed by atoms with Crippen molar-refractivity contribution in [2.75, 3.05) is 5.88 Å². The molecule has 2 nitrogen and oxygen atoms in total. The Morgan fingerprint density at radius 2 is 2.42 bits per heavy atom. The van der Waals surface area contributed by atoms with Crippen molar-refractivity contribution in [1.29, 1.82) is 0 Å². The molecule has 2 heterocycles. The Kier molecular flexibility index (Phi) is 3.81. The van der Waals surface area contributed by atoms with Crippen LogP contribution in [0.3, 0.4) is 0 Å². The fourth-order valence-corrected chi connectivity index (χ4v) is 7.25. The molecule has 3 aliphatic rings. The number of allylic oxidation sites excluding steroid dienone is 3. The number of alkyl halides is 1. The second kappa shape index (κ2) is 5.27. The monoisotopic (exact) mass is 345 g/mol. The van der Waals surface area contributed by atoms with Gasteiger partial charge in [0.25, 0.3) is 0 Å². The van der Waals surface area contributed by atoms with Crippen molar-refractivity contribution in [1.82, 2.24) is 5.32 Å². The molecule has 1 unspecified atom stereocenters. The number of amides is 1. The zero-order chi connectivity index (χ0) is 13.5. The molecule has 3 atom stereocenters. The second-order valence-electron chi connectivity index (χ2n) is 5.74. The van der Waals surface area contributed by atoms with Crippen molar-refractivity contribution in [3.63, 3.8) is 0 Å². The average Bonchev–Trinajstić information content (AvgIpc) is 2.62. The zero-order valence-corrected chi connectivity index (χ0v) is 13.7. The van der Waals surface area contributed by atoms with E-state index in [0.29, 0.717) is 38.7 Å². The van der Waals surface area contributed by atoms with Gasteiger partial charge in [0.05, 0.1) is 0 Å². The first-order valence-corrected chi connectivity index (χ1v) is 9.34. The van der Waals surface area contributed by atoms with Crippen molar-refractivity contribution in [3.8, 4) is 0 Å². The molecular formula is C15H20ClNOSe. The van der Waals surface area contributed by atoms with Crippen LogP contribution in [-0.4, -0.2) is 32.8 Å². The normalized spacial score (nSPS) is 37.1. The molecule has 4 heteroatoms. The fraction of sp³-hybridized carbons (Fsp3) is 0.667. The molecule has 1 aliphatic carbocycles. The van der Waals surface area contributed by atoms with Gasteiger partial charge in [-0.15, -0.1) is 0 Å². The van der Waals surface area contributed by atoms with Crippen LogP contribution in [0.15, 0.2) is 22.2 Å². The van der Waals surface area contributed by atoms with Gasteiger partial charge >= 0.3 is 126 Å². The maximum absolute atomic E-state index is 12.2. The number of halogens is 1. The number of β-lactam (4-membered cyclic amide) rings is 1. The standard InChI is InChI=1S/C15H20ClNOSe/c1-10-12(7-8-16)13-15(19-10,14(18)17-13)9-11-5-3-2-4-6-11/h3,5,11,13H,2,4,6-9H2,1H3,(H,17,18)/t11?,13-,15+/m0/s1. The summed E-state index contributed by atoms with van der Waals surface area (Å²) in [6.45, 7) is 2.20. The number of carbonyl (C=O) groups excluding carboxylic acids is 1. The van der Waals surface area contributed by atoms with Crippen LogP contribution in [0.1, 0.15) is 39.0 Å². The molecule has 19 heavy (non-hydrogen) atoms. The summed E-state index contributed by atoms with van der Waals surface area (Å²) in [5.74, 6) is 1.56. The van der Waals surface area contributed by atoms with Gasteiger partial charge in [-0.2, -0.15) is 0 Å². The number of rotatable bonds is 4. The van der Waals surface area contributed by atoms with Gasteiger partial charge in [-0.1, -0.05) is 0 Å². The first kappa shape index (κ1) is 13.7. The van der Waals surface area contributed by atoms with Gasteiger partial charge in [-0.05, 0) is 0 Å². The van der Waals surface area contributed by atoms with Crippen LogP contribution >= 0.6 is 11.6 Å². The molecule has 3 rings (SSSR count). The van der Waals surface area contributed by atoms with Gasteiger partial charge < -0.3 is 0 Å². The van der Waals surface area contributed by atoms with Crippen molar-refractivity contribution in [2.24, 2.45) is 5.92 Å². The fourth-order valence-electron chi connectivity index (χ4n) is 3.56. The van der Waals surface area contributed by atoms with E-state index < -0.39 is 0 Å². The first-order chi connectivity index (χ1) is 9.17. The van der Waals surface area contributed by atoms with Crippen LogP contribution in [-0.2, 0) is 4.79 Å². The summed E-state index contributed by atoms with van der Waals surface area (Å²) >= 11 is 6.22. The Morgan fingerprint density at radius 1 is 1.58 bits per heavy atom. The molecular weight excluding hydrogens is 325 g/mol. The number of fused-ring (bicyclic) bond motifs is 1. The molecule has 1 fully saturated rings. The van der Waals surface area contributed by atoms with E-state index in [2.05, 4.69) is 24.4 Å². The Labute approximate surface area is 126 Å². The van der Waals surface area contributed by atoms with Crippen molar-refractivity contribution in [2.45, 2.75) is 49.4 Å². The van der Waals surface area contributed by atoms with E-state index in [-0.39, 0.29) is 4.31 Å². The van der Waals surface area contributed by atoms with Crippen LogP contribution < -0.4 is 5.32 Å². The second-order valence-corrected chi connectivity index (χ2v) is 9.36. The SMILES string of the molecule is CC1=C(CCCl)[C@@H]2NC(=O)[C@]2(CC2C=CCCC2)[Se]1. The van der Waals surface area contributed by atoms with Crippen LogP contribution in [0, 0.1) is 5.92 Å². The van der Waals surface area contributed by atoms with E-state index in [0.717, 1.165) is 12.8 Å². The van der Waals surface area contributed by atoms with Crippen LogP contribution in [0.4, 0.5) is 0 Å². The maximum atomic E-state index is 12.2. The van der Waals surface area contributed by atoms with Crippen molar-refractivity contribution >= 4 is 32.5 Å². The van der Waals surface area contributed by atoms with E-state index in [1.807, 2.05) is 0 Å². The average molecular weight is 345 g/mol. The summed E-state index contributed by atoms with van der Waals surface area (Å²) in [5, 5.41) is 3.14. The third-order valence-corrected chi connectivity index (χ3v) is 7.92. The zero-order valence-electron chi connectivity index (χ0n) is 11.2. The molecule has 0 spiro atoms. The number of carbonyl (C=O) groups is 1. The summed E-state index contributed by atoms with van der Waals surface area (Å²) in [7, 11) is 0. The van der Waals surface area contributed by atoms with Gasteiger partial charge in [0.1, 0.15) is 0 Å². The van der Waals surface area contributed by atoms with E-state index in [4.69, 9.17) is 11.6 Å². The Bertz CT molecular complexity index is 459. The molecule has 2 aliphatic heterocycles. The predicted octanol–water partition coefficient (Wildman–Crippen LogP) is 3.01. The number of nitrogens with one attached hydrogen (secondary N) is 1. The summed E-state index contributed by atoms with van der Waals surface area (Å²) in [5.41, 5.74) is 1.43. The minimum absolute atomic E-state index is 0.0785. The molecule has 0 aromatic heterocycles. The molecule has 1 amide bonds. The number of hydrogen-bond donors (Lipinski definition) is 1. The van der Waals surface area contributed by atoms with Crippen LogP contribution in [0.25, 0.3) is 0 Å². The summed E-state index contributed by atoms with van der Waals surface area (Å²) in [6.07, 6.45) is 10.3. The van der Waals surface area contributed by atoms with Crippen LogP contribution in [0.5, 0.6) is 0 Å². The van der Waals surface area contributed by atoms with Crippen molar-refractivity contribution in [3.05, 3.63) is 22.2 Å². The number of hydrogen-bond acceptors (Lipinski definition) is 1. The molecule has 0 aromatic rings. The summed E-state index contributed by atoms with van der Waals surface area (Å²) in [6, 6.07) is 0.300. The van der Waals surface area contributed by atoms with Gasteiger partial charge in [0.15, 0.2) is 0 Å². The van der Waals surface area contributed by atoms with Gasteiger partial charge in [0.2, 0.25) is 0 Å². The van der Waals surface area contributed by atoms with Crippen molar-refractivity contribution < 1.29 is 4.79 Å². The first-order valence-electron chi connectivity index (χ1n) is 7.09. The van der Waals surface area contributed by atoms with E-state index in [9.17, 15) is 4.79 Å². The Balaban J connectivity index is 1.78. The third kappa shape index (κ3) is 2.20. The Hall–Kier alpha value is -0.241. The molecule has 1 saturated heterocycles. The summed E-state index contributed by atoms with van der Waals surface area (Å²) in [4.78, 5) is 12.2. The molecule has 104 valence electrons. The predicted molar refractivity (Wildman–Crippen MR) is 79.5 cm³/mol. The van der Waals surface area contributed by atoms with E-state index >= 15 is 0 Å². The van der Waals surface area contributed by atoms with Gasteiger partial charge in [-0.3, -0.25) is 0 Å². The molecule has 0 aromatic carbocycles. The van der Waals surface area contributed by atoms with Gasteiger partial charge in [-0.25, -0.2) is 0 Å². The quantitative estimate of drug-likeness (QED) is 0.361. The minimum atomic E-state index is -0.0785. The third-order valence-electron chi connectivity index (χ3n) is 4.55. The van der Waals surface area contributed by atoms with E-state index in [1.165, 1.54) is 29.3 Å². The summed E-state index contributed by atoms with van der Waals surface area (Å²) < 4.78 is 1.38. The molecule has 0 bridgehead atoms. The Morgan fingerprint density at radius 3 is 3.05 bits per heavy atom.